The minimum Gasteiger partial charge on any atom is -0.490 e. The van der Waals surface area contributed by atoms with Gasteiger partial charge in [0.1, 0.15) is 11.9 Å². The second kappa shape index (κ2) is 4.52. The lowest BCUT2D eigenvalue weighted by molar-refractivity contribution is 0.0496. The predicted molar refractivity (Wildman–Crippen MR) is 66.8 cm³/mol. The molecule has 2 unspecified atom stereocenters. The number of ether oxygens (including phenoxy) is 1. The van der Waals surface area contributed by atoms with E-state index in [-0.39, 0.29) is 18.2 Å². The molecule has 0 aromatic heterocycles. The van der Waals surface area contributed by atoms with Crippen LogP contribution in [0.2, 0.25) is 0 Å². The molecular formula is C14H17NO3. The number of fused-ring (bicyclic) bond motifs is 2. The van der Waals surface area contributed by atoms with Crippen LogP contribution in [0.15, 0.2) is 30.3 Å². The Labute approximate surface area is 106 Å². The number of nitrogens with zero attached hydrogens (tertiary/aromatic N) is 1. The Kier molecular flexibility index (Phi) is 2.86. The Morgan fingerprint density at radius 3 is 2.33 bits per heavy atom. The van der Waals surface area contributed by atoms with Gasteiger partial charge in [-0.05, 0) is 25.0 Å². The van der Waals surface area contributed by atoms with E-state index in [0.717, 1.165) is 31.4 Å². The molecule has 2 atom stereocenters. The van der Waals surface area contributed by atoms with Gasteiger partial charge in [-0.1, -0.05) is 18.2 Å². The molecule has 2 bridgehead atoms. The van der Waals surface area contributed by atoms with Crippen molar-refractivity contribution in [3.63, 3.8) is 0 Å². The van der Waals surface area contributed by atoms with Crippen LogP contribution in [0, 0.1) is 0 Å². The Balaban J connectivity index is 1.67. The van der Waals surface area contributed by atoms with Crippen molar-refractivity contribution < 1.29 is 14.6 Å². The van der Waals surface area contributed by atoms with Gasteiger partial charge in [0.05, 0.1) is 0 Å². The summed E-state index contributed by atoms with van der Waals surface area (Å²) >= 11 is 0. The van der Waals surface area contributed by atoms with Crippen LogP contribution in [-0.2, 0) is 0 Å². The van der Waals surface area contributed by atoms with E-state index in [1.807, 2.05) is 30.3 Å². The number of piperidine rings is 1. The lowest BCUT2D eigenvalue weighted by Crippen LogP contribution is -2.48. The summed E-state index contributed by atoms with van der Waals surface area (Å²) in [7, 11) is 0. The highest BCUT2D eigenvalue weighted by Gasteiger charge is 2.44. The van der Waals surface area contributed by atoms with Crippen molar-refractivity contribution in [1.82, 2.24) is 4.90 Å². The van der Waals surface area contributed by atoms with Gasteiger partial charge in [-0.15, -0.1) is 0 Å². The van der Waals surface area contributed by atoms with Crippen LogP contribution >= 0.6 is 0 Å². The summed E-state index contributed by atoms with van der Waals surface area (Å²) in [6, 6.07) is 10.1. The lowest BCUT2D eigenvalue weighted by Gasteiger charge is -2.37. The third-order valence-corrected chi connectivity index (χ3v) is 3.96. The van der Waals surface area contributed by atoms with Crippen molar-refractivity contribution in [3.8, 4) is 5.75 Å². The zero-order valence-electron chi connectivity index (χ0n) is 10.2. The van der Waals surface area contributed by atoms with Crippen molar-refractivity contribution in [1.29, 1.82) is 0 Å². The molecule has 0 aliphatic carbocycles. The number of amides is 1. The minimum absolute atomic E-state index is 0.148. The summed E-state index contributed by atoms with van der Waals surface area (Å²) in [5, 5.41) is 9.18. The molecule has 2 aliphatic heterocycles. The second-order valence-corrected chi connectivity index (χ2v) is 5.10. The topological polar surface area (TPSA) is 49.8 Å². The average molecular weight is 247 g/mol. The van der Waals surface area contributed by atoms with E-state index < -0.39 is 6.09 Å². The zero-order chi connectivity index (χ0) is 12.5. The molecule has 2 saturated heterocycles. The molecule has 1 aromatic rings. The maximum absolute atomic E-state index is 11.2. The third-order valence-electron chi connectivity index (χ3n) is 3.96. The number of hydrogen-bond acceptors (Lipinski definition) is 2. The smallest absolute Gasteiger partial charge is 0.407 e. The van der Waals surface area contributed by atoms with Crippen LogP contribution in [0.5, 0.6) is 5.75 Å². The van der Waals surface area contributed by atoms with Crippen molar-refractivity contribution in [2.75, 3.05) is 0 Å². The molecule has 4 nitrogen and oxygen atoms in total. The molecule has 0 saturated carbocycles. The van der Waals surface area contributed by atoms with Gasteiger partial charge >= 0.3 is 6.09 Å². The van der Waals surface area contributed by atoms with E-state index in [1.165, 1.54) is 0 Å². The first-order chi connectivity index (χ1) is 8.74. The van der Waals surface area contributed by atoms with Crippen LogP contribution in [0.4, 0.5) is 4.79 Å². The van der Waals surface area contributed by atoms with E-state index in [0.29, 0.717) is 0 Å². The Bertz CT molecular complexity index is 420. The number of hydrogen-bond donors (Lipinski definition) is 1. The Morgan fingerprint density at radius 1 is 1.17 bits per heavy atom. The van der Waals surface area contributed by atoms with Crippen molar-refractivity contribution in [3.05, 3.63) is 30.3 Å². The van der Waals surface area contributed by atoms with Gasteiger partial charge in [0.25, 0.3) is 0 Å². The van der Waals surface area contributed by atoms with Gasteiger partial charge in [-0.2, -0.15) is 0 Å². The number of carbonyl (C=O) groups is 1. The van der Waals surface area contributed by atoms with E-state index in [9.17, 15) is 9.90 Å². The Hall–Kier alpha value is -1.71. The predicted octanol–water partition coefficient (Wildman–Crippen LogP) is 2.74. The van der Waals surface area contributed by atoms with Gasteiger partial charge in [-0.3, -0.25) is 0 Å². The highest BCUT2D eigenvalue weighted by molar-refractivity contribution is 5.66. The third kappa shape index (κ3) is 2.03. The van der Waals surface area contributed by atoms with Crippen LogP contribution < -0.4 is 4.74 Å². The second-order valence-electron chi connectivity index (χ2n) is 5.10. The molecule has 1 amide bonds. The van der Waals surface area contributed by atoms with Crippen molar-refractivity contribution >= 4 is 6.09 Å². The molecular weight excluding hydrogens is 230 g/mol. The molecule has 2 fully saturated rings. The van der Waals surface area contributed by atoms with E-state index >= 15 is 0 Å². The average Bonchev–Trinajstić information content (AvgIpc) is 2.63. The molecule has 0 spiro atoms. The number of carboxylic acid groups (broad SMARTS) is 1. The SMILES string of the molecule is O=C(O)N1C2CCC1CC(Oc1ccccc1)C2. The van der Waals surface area contributed by atoms with E-state index in [4.69, 9.17) is 4.74 Å². The fourth-order valence-corrected chi connectivity index (χ4v) is 3.23. The van der Waals surface area contributed by atoms with Gasteiger partial charge in [-0.25, -0.2) is 4.79 Å². The summed E-state index contributed by atoms with van der Waals surface area (Å²) in [5.41, 5.74) is 0. The summed E-state index contributed by atoms with van der Waals surface area (Å²) in [6.45, 7) is 0. The van der Waals surface area contributed by atoms with Gasteiger partial charge in [0.15, 0.2) is 0 Å². The van der Waals surface area contributed by atoms with Gasteiger partial charge in [0, 0.05) is 24.9 Å². The largest absolute Gasteiger partial charge is 0.490 e. The van der Waals surface area contributed by atoms with Crippen LogP contribution in [0.25, 0.3) is 0 Å². The van der Waals surface area contributed by atoms with Gasteiger partial charge in [0.2, 0.25) is 0 Å². The molecule has 2 aliphatic rings. The van der Waals surface area contributed by atoms with Crippen molar-refractivity contribution in [2.45, 2.75) is 43.9 Å². The summed E-state index contributed by atoms with van der Waals surface area (Å²) < 4.78 is 5.94. The Morgan fingerprint density at radius 2 is 1.78 bits per heavy atom. The standard InChI is InChI=1S/C14H17NO3/c16-14(17)15-10-6-7-11(15)9-13(8-10)18-12-4-2-1-3-5-12/h1-5,10-11,13H,6-9H2,(H,16,17). The molecule has 3 rings (SSSR count). The molecule has 0 radical (unpaired) electrons. The van der Waals surface area contributed by atoms with Crippen LogP contribution in [0.1, 0.15) is 25.7 Å². The highest BCUT2D eigenvalue weighted by atomic mass is 16.5. The maximum Gasteiger partial charge on any atom is 0.407 e. The first kappa shape index (κ1) is 11.4. The van der Waals surface area contributed by atoms with E-state index in [2.05, 4.69) is 0 Å². The first-order valence-corrected chi connectivity index (χ1v) is 6.47. The van der Waals surface area contributed by atoms with Gasteiger partial charge < -0.3 is 14.7 Å². The molecule has 4 heteroatoms. The van der Waals surface area contributed by atoms with Crippen LogP contribution in [0.3, 0.4) is 0 Å². The first-order valence-electron chi connectivity index (χ1n) is 6.47. The highest BCUT2D eigenvalue weighted by Crippen LogP contribution is 2.37. The number of benzene rings is 1. The summed E-state index contributed by atoms with van der Waals surface area (Å²) in [4.78, 5) is 12.8. The molecule has 1 aromatic carbocycles. The molecule has 1 N–H and O–H groups in total. The molecule has 96 valence electrons. The summed E-state index contributed by atoms with van der Waals surface area (Å²) in [6.07, 6.45) is 2.97. The number of para-hydroxylation sites is 1. The normalized spacial score (nSPS) is 30.2. The molecule has 18 heavy (non-hydrogen) atoms. The fraction of sp³-hybridized carbons (Fsp3) is 0.500. The lowest BCUT2D eigenvalue weighted by atomic mass is 10.0. The van der Waals surface area contributed by atoms with Crippen LogP contribution in [-0.4, -0.2) is 34.3 Å². The fourth-order valence-electron chi connectivity index (χ4n) is 3.23. The molecule has 2 heterocycles. The summed E-state index contributed by atoms with van der Waals surface area (Å²) in [5.74, 6) is 0.880. The minimum atomic E-state index is -0.777. The van der Waals surface area contributed by atoms with E-state index in [1.54, 1.807) is 4.90 Å². The monoisotopic (exact) mass is 247 g/mol. The quantitative estimate of drug-likeness (QED) is 0.874. The maximum atomic E-state index is 11.2. The zero-order valence-corrected chi connectivity index (χ0v) is 10.2. The van der Waals surface area contributed by atoms with Crippen molar-refractivity contribution in [2.24, 2.45) is 0 Å². The number of rotatable bonds is 2.